The Hall–Kier alpha value is -1.52. The standard InChI is InChI=1S/C12H18N2O3/c1-3-6-10-9(4-2)11(15)17-14(10)12(16)13-7-5-8-13/h3-8H2,1-2H3. The molecule has 0 radical (unpaired) electrons. The molecule has 0 atom stereocenters. The zero-order valence-corrected chi connectivity index (χ0v) is 10.4. The highest BCUT2D eigenvalue weighted by atomic mass is 16.5. The molecule has 17 heavy (non-hydrogen) atoms. The molecule has 0 saturated carbocycles. The van der Waals surface area contributed by atoms with Crippen LogP contribution in [0.5, 0.6) is 0 Å². The van der Waals surface area contributed by atoms with E-state index in [0.717, 1.165) is 31.6 Å². The molecule has 1 aliphatic rings. The van der Waals surface area contributed by atoms with Crippen molar-refractivity contribution in [3.63, 3.8) is 0 Å². The molecule has 2 rings (SSSR count). The van der Waals surface area contributed by atoms with Crippen LogP contribution in [0.4, 0.5) is 4.79 Å². The van der Waals surface area contributed by atoms with Crippen molar-refractivity contribution in [3.8, 4) is 0 Å². The summed E-state index contributed by atoms with van der Waals surface area (Å²) in [4.78, 5) is 25.4. The SMILES string of the molecule is CCCc1c(CC)c(=O)on1C(=O)N1CCC1. The summed E-state index contributed by atoms with van der Waals surface area (Å²) in [5.74, 6) is 0. The van der Waals surface area contributed by atoms with E-state index in [-0.39, 0.29) is 11.7 Å². The van der Waals surface area contributed by atoms with E-state index in [1.54, 1.807) is 4.90 Å². The fourth-order valence-electron chi connectivity index (χ4n) is 2.06. The number of likely N-dealkylation sites (tertiary alicyclic amines) is 1. The number of carbonyl (C=O) groups excluding carboxylic acids is 1. The average Bonchev–Trinajstić information content (AvgIpc) is 2.53. The maximum Gasteiger partial charge on any atom is 0.361 e. The smallest absolute Gasteiger partial charge is 0.327 e. The van der Waals surface area contributed by atoms with Gasteiger partial charge in [0.25, 0.3) is 0 Å². The van der Waals surface area contributed by atoms with E-state index in [1.165, 1.54) is 4.74 Å². The molecule has 5 heteroatoms. The Morgan fingerprint density at radius 2 is 2.06 bits per heavy atom. The van der Waals surface area contributed by atoms with Crippen LogP contribution in [0.1, 0.15) is 37.9 Å². The molecule has 94 valence electrons. The lowest BCUT2D eigenvalue weighted by atomic mass is 10.1. The average molecular weight is 238 g/mol. The van der Waals surface area contributed by atoms with Gasteiger partial charge >= 0.3 is 11.7 Å². The van der Waals surface area contributed by atoms with Crippen LogP contribution in [-0.4, -0.2) is 28.8 Å². The Balaban J connectivity index is 2.37. The molecule has 1 saturated heterocycles. The van der Waals surface area contributed by atoms with E-state index in [2.05, 4.69) is 0 Å². The van der Waals surface area contributed by atoms with Gasteiger partial charge in [-0.1, -0.05) is 20.3 Å². The highest BCUT2D eigenvalue weighted by Crippen LogP contribution is 2.14. The van der Waals surface area contributed by atoms with E-state index in [1.807, 2.05) is 13.8 Å². The molecular formula is C12H18N2O3. The number of hydrogen-bond acceptors (Lipinski definition) is 3. The van der Waals surface area contributed by atoms with Gasteiger partial charge in [0.15, 0.2) is 0 Å². The minimum atomic E-state index is -0.371. The maximum absolute atomic E-state index is 12.1. The highest BCUT2D eigenvalue weighted by Gasteiger charge is 2.27. The summed E-state index contributed by atoms with van der Waals surface area (Å²) >= 11 is 0. The number of nitrogens with zero attached hydrogens (tertiary/aromatic N) is 2. The first-order valence-electron chi connectivity index (χ1n) is 6.22. The summed E-state index contributed by atoms with van der Waals surface area (Å²) in [5, 5.41) is 0. The van der Waals surface area contributed by atoms with E-state index in [0.29, 0.717) is 18.4 Å². The topological polar surface area (TPSA) is 55.5 Å². The number of rotatable bonds is 3. The van der Waals surface area contributed by atoms with E-state index in [9.17, 15) is 9.59 Å². The molecule has 0 bridgehead atoms. The monoisotopic (exact) mass is 238 g/mol. The summed E-state index contributed by atoms with van der Waals surface area (Å²) in [7, 11) is 0. The van der Waals surface area contributed by atoms with Gasteiger partial charge in [-0.05, 0) is 19.3 Å². The van der Waals surface area contributed by atoms with Crippen LogP contribution in [0.25, 0.3) is 0 Å². The minimum Gasteiger partial charge on any atom is -0.327 e. The van der Waals surface area contributed by atoms with Crippen LogP contribution in [0.15, 0.2) is 9.32 Å². The molecule has 1 aliphatic heterocycles. The molecule has 1 aromatic heterocycles. The number of amides is 1. The van der Waals surface area contributed by atoms with Crippen LogP contribution >= 0.6 is 0 Å². The molecule has 0 aromatic carbocycles. The van der Waals surface area contributed by atoms with Gasteiger partial charge in [0.2, 0.25) is 0 Å². The molecule has 0 unspecified atom stereocenters. The quantitative estimate of drug-likeness (QED) is 0.804. The van der Waals surface area contributed by atoms with Gasteiger partial charge in [-0.15, -0.1) is 4.74 Å². The Morgan fingerprint density at radius 3 is 2.53 bits per heavy atom. The van der Waals surface area contributed by atoms with Crippen molar-refractivity contribution in [1.82, 2.24) is 9.64 Å². The molecule has 1 amide bonds. The Morgan fingerprint density at radius 1 is 1.35 bits per heavy atom. The van der Waals surface area contributed by atoms with Gasteiger partial charge in [0, 0.05) is 13.1 Å². The Kier molecular flexibility index (Phi) is 3.36. The molecule has 0 N–H and O–H groups in total. The normalized spacial score (nSPS) is 14.8. The summed E-state index contributed by atoms with van der Waals surface area (Å²) < 4.78 is 6.28. The molecular weight excluding hydrogens is 220 g/mol. The maximum atomic E-state index is 12.1. The third-order valence-electron chi connectivity index (χ3n) is 3.15. The fraction of sp³-hybridized carbons (Fsp3) is 0.667. The van der Waals surface area contributed by atoms with Crippen molar-refractivity contribution < 1.29 is 9.32 Å². The second-order valence-corrected chi connectivity index (χ2v) is 4.33. The molecule has 0 aliphatic carbocycles. The van der Waals surface area contributed by atoms with Crippen molar-refractivity contribution >= 4 is 6.03 Å². The molecule has 5 nitrogen and oxygen atoms in total. The molecule has 0 spiro atoms. The Labute approximate surface area is 100.0 Å². The predicted octanol–water partition coefficient (Wildman–Crippen LogP) is 1.63. The van der Waals surface area contributed by atoms with Crippen molar-refractivity contribution in [2.75, 3.05) is 13.1 Å². The zero-order chi connectivity index (χ0) is 12.4. The molecule has 1 aromatic rings. The van der Waals surface area contributed by atoms with Crippen LogP contribution in [-0.2, 0) is 12.8 Å². The first-order valence-corrected chi connectivity index (χ1v) is 6.22. The van der Waals surface area contributed by atoms with Crippen molar-refractivity contribution in [1.29, 1.82) is 0 Å². The van der Waals surface area contributed by atoms with Gasteiger partial charge in [-0.3, -0.25) is 0 Å². The predicted molar refractivity (Wildman–Crippen MR) is 63.3 cm³/mol. The number of aromatic nitrogens is 1. The zero-order valence-electron chi connectivity index (χ0n) is 10.4. The van der Waals surface area contributed by atoms with Crippen molar-refractivity contribution in [2.45, 2.75) is 39.5 Å². The fourth-order valence-corrected chi connectivity index (χ4v) is 2.06. The first-order chi connectivity index (χ1) is 8.19. The largest absolute Gasteiger partial charge is 0.361 e. The second kappa shape index (κ2) is 4.77. The van der Waals surface area contributed by atoms with Crippen molar-refractivity contribution in [3.05, 3.63) is 21.7 Å². The highest BCUT2D eigenvalue weighted by molar-refractivity contribution is 5.77. The molecule has 2 heterocycles. The van der Waals surface area contributed by atoms with Crippen molar-refractivity contribution in [2.24, 2.45) is 0 Å². The lowest BCUT2D eigenvalue weighted by Gasteiger charge is -2.30. The summed E-state index contributed by atoms with van der Waals surface area (Å²) in [6.07, 6.45) is 3.23. The number of hydrogen-bond donors (Lipinski definition) is 0. The van der Waals surface area contributed by atoms with Crippen LogP contribution in [0.2, 0.25) is 0 Å². The van der Waals surface area contributed by atoms with E-state index < -0.39 is 0 Å². The van der Waals surface area contributed by atoms with Gasteiger partial charge in [0.05, 0.1) is 11.3 Å². The van der Waals surface area contributed by atoms with Gasteiger partial charge < -0.3 is 9.42 Å². The third kappa shape index (κ3) is 2.01. The Bertz CT molecular complexity index is 469. The van der Waals surface area contributed by atoms with Gasteiger partial charge in [-0.2, -0.15) is 0 Å². The summed E-state index contributed by atoms with van der Waals surface area (Å²) in [5.41, 5.74) is 1.02. The lowest BCUT2D eigenvalue weighted by molar-refractivity contribution is 0.138. The summed E-state index contributed by atoms with van der Waals surface area (Å²) in [6, 6.07) is -0.198. The first kappa shape index (κ1) is 12.0. The molecule has 1 fully saturated rings. The second-order valence-electron chi connectivity index (χ2n) is 4.33. The number of carbonyl (C=O) groups is 1. The van der Waals surface area contributed by atoms with Gasteiger partial charge in [0.1, 0.15) is 0 Å². The van der Waals surface area contributed by atoms with E-state index in [4.69, 9.17) is 4.52 Å². The van der Waals surface area contributed by atoms with Crippen LogP contribution < -0.4 is 5.63 Å². The lowest BCUT2D eigenvalue weighted by Crippen LogP contribution is -2.44. The third-order valence-corrected chi connectivity index (χ3v) is 3.15. The summed E-state index contributed by atoms with van der Waals surface area (Å²) in [6.45, 7) is 5.45. The minimum absolute atomic E-state index is 0.198. The van der Waals surface area contributed by atoms with Gasteiger partial charge in [-0.25, -0.2) is 9.59 Å². The van der Waals surface area contributed by atoms with Crippen LogP contribution in [0.3, 0.4) is 0 Å². The van der Waals surface area contributed by atoms with Crippen LogP contribution in [0, 0.1) is 0 Å². The van der Waals surface area contributed by atoms with E-state index >= 15 is 0 Å².